The van der Waals surface area contributed by atoms with Crippen molar-refractivity contribution < 1.29 is 9.15 Å². The second-order valence-corrected chi connectivity index (χ2v) is 4.22. The maximum Gasteiger partial charge on any atom is 0.220 e. The van der Waals surface area contributed by atoms with Crippen LogP contribution in [0.1, 0.15) is 24.3 Å². The molecule has 0 atom stereocenters. The summed E-state index contributed by atoms with van der Waals surface area (Å²) in [6, 6.07) is 7.86. The molecular weight excluding hydrogens is 242 g/mol. The van der Waals surface area contributed by atoms with Crippen LogP contribution in [0.25, 0.3) is 0 Å². The molecule has 0 spiro atoms. The molecular formula is C14H19N3O2. The van der Waals surface area contributed by atoms with E-state index in [0.29, 0.717) is 18.2 Å². The van der Waals surface area contributed by atoms with E-state index < -0.39 is 0 Å². The Morgan fingerprint density at radius 1 is 1.26 bits per heavy atom. The highest BCUT2D eigenvalue weighted by atomic mass is 16.5. The van der Waals surface area contributed by atoms with Crippen LogP contribution >= 0.6 is 0 Å². The second kappa shape index (κ2) is 6.89. The van der Waals surface area contributed by atoms with Gasteiger partial charge in [0.2, 0.25) is 11.8 Å². The standard InChI is InChI=1S/C14H19N3O2/c1-3-15-8-7-13-16-17-14(19-13)10-11-5-4-6-12(9-11)18-2/h4-6,9,15H,3,7-8,10H2,1-2H3. The Morgan fingerprint density at radius 2 is 2.11 bits per heavy atom. The summed E-state index contributed by atoms with van der Waals surface area (Å²) in [5, 5.41) is 11.3. The molecule has 0 unspecified atom stereocenters. The molecule has 0 aliphatic rings. The molecule has 0 fully saturated rings. The fourth-order valence-electron chi connectivity index (χ4n) is 1.79. The largest absolute Gasteiger partial charge is 0.497 e. The van der Waals surface area contributed by atoms with E-state index in [1.807, 2.05) is 24.3 Å². The smallest absolute Gasteiger partial charge is 0.220 e. The minimum atomic E-state index is 0.630. The highest BCUT2D eigenvalue weighted by molar-refractivity contribution is 5.29. The third-order valence-corrected chi connectivity index (χ3v) is 2.76. The lowest BCUT2D eigenvalue weighted by Crippen LogP contribution is -2.16. The number of aromatic nitrogens is 2. The monoisotopic (exact) mass is 261 g/mol. The fraction of sp³-hybridized carbons (Fsp3) is 0.429. The molecule has 2 rings (SSSR count). The van der Waals surface area contributed by atoms with Gasteiger partial charge in [0, 0.05) is 13.0 Å². The van der Waals surface area contributed by atoms with Crippen LogP contribution in [-0.2, 0) is 12.8 Å². The van der Waals surface area contributed by atoms with E-state index in [4.69, 9.17) is 9.15 Å². The van der Waals surface area contributed by atoms with E-state index in [1.165, 1.54) is 0 Å². The van der Waals surface area contributed by atoms with Crippen LogP contribution in [-0.4, -0.2) is 30.4 Å². The number of rotatable bonds is 7. The third-order valence-electron chi connectivity index (χ3n) is 2.76. The Labute approximate surface area is 113 Å². The van der Waals surface area contributed by atoms with Gasteiger partial charge in [0.25, 0.3) is 0 Å². The molecule has 1 aromatic heterocycles. The van der Waals surface area contributed by atoms with Crippen LogP contribution in [0.3, 0.4) is 0 Å². The number of ether oxygens (including phenoxy) is 1. The minimum absolute atomic E-state index is 0.630. The summed E-state index contributed by atoms with van der Waals surface area (Å²) in [5.74, 6) is 2.16. The van der Waals surface area contributed by atoms with Gasteiger partial charge in [-0.25, -0.2) is 0 Å². The van der Waals surface area contributed by atoms with Crippen molar-refractivity contribution in [3.63, 3.8) is 0 Å². The van der Waals surface area contributed by atoms with E-state index >= 15 is 0 Å². The van der Waals surface area contributed by atoms with Gasteiger partial charge in [0.05, 0.1) is 13.5 Å². The molecule has 0 bridgehead atoms. The lowest BCUT2D eigenvalue weighted by atomic mass is 10.1. The molecule has 1 N–H and O–H groups in total. The molecule has 1 aromatic carbocycles. The maximum absolute atomic E-state index is 5.60. The zero-order chi connectivity index (χ0) is 13.5. The number of hydrogen-bond acceptors (Lipinski definition) is 5. The summed E-state index contributed by atoms with van der Waals surface area (Å²) in [6.45, 7) is 3.88. The molecule has 1 heterocycles. The van der Waals surface area contributed by atoms with Crippen molar-refractivity contribution >= 4 is 0 Å². The Morgan fingerprint density at radius 3 is 2.89 bits per heavy atom. The number of nitrogens with one attached hydrogen (secondary N) is 1. The van der Waals surface area contributed by atoms with Gasteiger partial charge in [0.1, 0.15) is 5.75 Å². The van der Waals surface area contributed by atoms with Gasteiger partial charge in [-0.05, 0) is 24.2 Å². The van der Waals surface area contributed by atoms with Crippen molar-refractivity contribution in [2.24, 2.45) is 0 Å². The summed E-state index contributed by atoms with van der Waals surface area (Å²) < 4.78 is 10.8. The van der Waals surface area contributed by atoms with Gasteiger partial charge in [-0.1, -0.05) is 19.1 Å². The Kier molecular flexibility index (Phi) is 4.92. The zero-order valence-corrected chi connectivity index (χ0v) is 11.3. The van der Waals surface area contributed by atoms with Crippen LogP contribution in [0.5, 0.6) is 5.75 Å². The first kappa shape index (κ1) is 13.5. The summed E-state index contributed by atoms with van der Waals surface area (Å²) in [7, 11) is 1.66. The van der Waals surface area contributed by atoms with Crippen molar-refractivity contribution in [3.05, 3.63) is 41.6 Å². The molecule has 0 aliphatic carbocycles. The highest BCUT2D eigenvalue weighted by Gasteiger charge is 2.07. The summed E-state index contributed by atoms with van der Waals surface area (Å²) in [5.41, 5.74) is 1.10. The molecule has 0 radical (unpaired) electrons. The fourth-order valence-corrected chi connectivity index (χ4v) is 1.79. The Balaban J connectivity index is 1.95. The first-order chi connectivity index (χ1) is 9.31. The normalized spacial score (nSPS) is 10.6. The van der Waals surface area contributed by atoms with Crippen LogP contribution in [0, 0.1) is 0 Å². The van der Waals surface area contributed by atoms with Crippen molar-refractivity contribution in [3.8, 4) is 5.75 Å². The van der Waals surface area contributed by atoms with Crippen LogP contribution in [0.15, 0.2) is 28.7 Å². The topological polar surface area (TPSA) is 60.2 Å². The first-order valence-corrected chi connectivity index (χ1v) is 6.46. The number of hydrogen-bond donors (Lipinski definition) is 1. The number of nitrogens with zero attached hydrogens (tertiary/aromatic N) is 2. The lowest BCUT2D eigenvalue weighted by molar-refractivity contribution is 0.414. The van der Waals surface area contributed by atoms with Gasteiger partial charge < -0.3 is 14.5 Å². The van der Waals surface area contributed by atoms with Gasteiger partial charge in [-0.2, -0.15) is 0 Å². The van der Waals surface area contributed by atoms with Crippen molar-refractivity contribution in [2.75, 3.05) is 20.2 Å². The van der Waals surface area contributed by atoms with E-state index in [9.17, 15) is 0 Å². The van der Waals surface area contributed by atoms with Gasteiger partial charge in [-0.3, -0.25) is 0 Å². The minimum Gasteiger partial charge on any atom is -0.497 e. The number of likely N-dealkylation sites (N-methyl/N-ethyl adjacent to an activating group) is 1. The summed E-state index contributed by atoms with van der Waals surface area (Å²) >= 11 is 0. The van der Waals surface area contributed by atoms with Crippen LogP contribution in [0.2, 0.25) is 0 Å². The van der Waals surface area contributed by atoms with Crippen LogP contribution < -0.4 is 10.1 Å². The van der Waals surface area contributed by atoms with Gasteiger partial charge >= 0.3 is 0 Å². The molecule has 0 saturated heterocycles. The third kappa shape index (κ3) is 4.06. The van der Waals surface area contributed by atoms with Crippen molar-refractivity contribution in [2.45, 2.75) is 19.8 Å². The summed E-state index contributed by atoms with van der Waals surface area (Å²) in [4.78, 5) is 0. The molecule has 102 valence electrons. The predicted molar refractivity (Wildman–Crippen MR) is 72.3 cm³/mol. The average Bonchev–Trinajstić information content (AvgIpc) is 2.87. The highest BCUT2D eigenvalue weighted by Crippen LogP contribution is 2.15. The Hall–Kier alpha value is -1.88. The first-order valence-electron chi connectivity index (χ1n) is 6.46. The van der Waals surface area contributed by atoms with Crippen LogP contribution in [0.4, 0.5) is 0 Å². The quantitative estimate of drug-likeness (QED) is 0.770. The number of benzene rings is 1. The molecule has 2 aromatic rings. The molecule has 0 aliphatic heterocycles. The lowest BCUT2D eigenvalue weighted by Gasteiger charge is -2.01. The molecule has 19 heavy (non-hydrogen) atoms. The van der Waals surface area contributed by atoms with E-state index in [0.717, 1.165) is 30.8 Å². The maximum atomic E-state index is 5.60. The van der Waals surface area contributed by atoms with E-state index in [-0.39, 0.29) is 0 Å². The van der Waals surface area contributed by atoms with E-state index in [2.05, 4.69) is 22.4 Å². The predicted octanol–water partition coefficient (Wildman–Crippen LogP) is 1.82. The second-order valence-electron chi connectivity index (χ2n) is 4.22. The van der Waals surface area contributed by atoms with Crippen molar-refractivity contribution in [1.29, 1.82) is 0 Å². The SMILES string of the molecule is CCNCCc1nnc(Cc2cccc(OC)c2)o1. The molecule has 5 heteroatoms. The number of methoxy groups -OCH3 is 1. The van der Waals surface area contributed by atoms with E-state index in [1.54, 1.807) is 7.11 Å². The Bertz CT molecular complexity index is 511. The molecule has 5 nitrogen and oxygen atoms in total. The van der Waals surface area contributed by atoms with Gasteiger partial charge in [-0.15, -0.1) is 10.2 Å². The summed E-state index contributed by atoms with van der Waals surface area (Å²) in [6.07, 6.45) is 1.39. The average molecular weight is 261 g/mol. The zero-order valence-electron chi connectivity index (χ0n) is 11.3. The molecule has 0 saturated carbocycles. The molecule has 0 amide bonds. The van der Waals surface area contributed by atoms with Gasteiger partial charge in [0.15, 0.2) is 0 Å². The van der Waals surface area contributed by atoms with Crippen molar-refractivity contribution in [1.82, 2.24) is 15.5 Å².